The fourth-order valence-corrected chi connectivity index (χ4v) is 5.53. The van der Waals surface area contributed by atoms with Gasteiger partial charge < -0.3 is 5.32 Å². The van der Waals surface area contributed by atoms with E-state index in [2.05, 4.69) is 17.2 Å². The Kier molecular flexibility index (Phi) is 5.37. The van der Waals surface area contributed by atoms with Crippen molar-refractivity contribution < 1.29 is 8.42 Å². The van der Waals surface area contributed by atoms with Crippen LogP contribution in [-0.2, 0) is 10.0 Å². The van der Waals surface area contributed by atoms with Crippen molar-refractivity contribution in [2.45, 2.75) is 58.0 Å². The smallest absolute Gasteiger partial charge is 0.255 e. The molecule has 0 spiro atoms. The third kappa shape index (κ3) is 4.02. The predicted octanol–water partition coefficient (Wildman–Crippen LogP) is 2.30. The van der Waals surface area contributed by atoms with Gasteiger partial charge in [-0.15, -0.1) is 0 Å². The zero-order chi connectivity index (χ0) is 20.8. The van der Waals surface area contributed by atoms with Crippen LogP contribution in [0.5, 0.6) is 0 Å². The van der Waals surface area contributed by atoms with Gasteiger partial charge >= 0.3 is 0 Å². The molecule has 2 aliphatic rings. The first-order chi connectivity index (χ1) is 13.7. The summed E-state index contributed by atoms with van der Waals surface area (Å²) in [6, 6.07) is 2.15. The average Bonchev–Trinajstić information content (AvgIpc) is 3.08. The van der Waals surface area contributed by atoms with Crippen molar-refractivity contribution in [3.8, 4) is 0 Å². The molecule has 0 amide bonds. The van der Waals surface area contributed by atoms with Crippen molar-refractivity contribution in [3.05, 3.63) is 28.2 Å². The van der Waals surface area contributed by atoms with Crippen LogP contribution in [0, 0.1) is 12.8 Å². The Morgan fingerprint density at radius 2 is 1.90 bits per heavy atom. The first kappa shape index (κ1) is 20.3. The largest absolute Gasteiger partial charge is 0.351 e. The van der Waals surface area contributed by atoms with E-state index in [1.165, 1.54) is 10.6 Å². The molecule has 2 fully saturated rings. The summed E-state index contributed by atoms with van der Waals surface area (Å²) in [5.41, 5.74) is 1.43. The molecular weight excluding hydrogens is 390 g/mol. The maximum absolute atomic E-state index is 13.0. The molecule has 2 aromatic heterocycles. The highest BCUT2D eigenvalue weighted by Crippen LogP contribution is 2.36. The number of nitrogens with zero attached hydrogens (tertiary/aromatic N) is 4. The van der Waals surface area contributed by atoms with Crippen LogP contribution in [-0.4, -0.2) is 52.6 Å². The van der Waals surface area contributed by atoms with Crippen molar-refractivity contribution in [1.29, 1.82) is 0 Å². The summed E-state index contributed by atoms with van der Waals surface area (Å²) >= 11 is 0. The summed E-state index contributed by atoms with van der Waals surface area (Å²) in [4.78, 5) is 22.2. The monoisotopic (exact) mass is 419 g/mol. The molecule has 4 rings (SSSR count). The number of nitrogens with one attached hydrogen (secondary N) is 1. The van der Waals surface area contributed by atoms with E-state index in [0.29, 0.717) is 49.0 Å². The van der Waals surface area contributed by atoms with Crippen LogP contribution < -0.4 is 10.9 Å². The summed E-state index contributed by atoms with van der Waals surface area (Å²) in [6.07, 6.45) is 7.68. The zero-order valence-electron chi connectivity index (χ0n) is 17.3. The van der Waals surface area contributed by atoms with Gasteiger partial charge in [-0.25, -0.2) is 17.7 Å². The van der Waals surface area contributed by atoms with E-state index in [9.17, 15) is 13.2 Å². The molecule has 1 saturated heterocycles. The minimum absolute atomic E-state index is 0.0300. The predicted molar refractivity (Wildman–Crippen MR) is 114 cm³/mol. The summed E-state index contributed by atoms with van der Waals surface area (Å²) in [5, 5.41) is 4.22. The molecule has 2 atom stereocenters. The van der Waals surface area contributed by atoms with E-state index in [-0.39, 0.29) is 17.6 Å². The van der Waals surface area contributed by atoms with Crippen molar-refractivity contribution in [3.63, 3.8) is 0 Å². The van der Waals surface area contributed by atoms with E-state index in [4.69, 9.17) is 4.98 Å². The maximum atomic E-state index is 13.0. The fourth-order valence-electron chi connectivity index (χ4n) is 4.66. The Morgan fingerprint density at radius 1 is 1.17 bits per heavy atom. The molecule has 8 nitrogen and oxygen atoms in total. The van der Waals surface area contributed by atoms with Gasteiger partial charge in [-0.05, 0) is 44.6 Å². The Hall–Kier alpha value is -2.00. The summed E-state index contributed by atoms with van der Waals surface area (Å²) in [6.45, 7) is 5.04. The molecule has 2 aromatic rings. The van der Waals surface area contributed by atoms with E-state index in [0.717, 1.165) is 24.6 Å². The third-order valence-electron chi connectivity index (χ3n) is 6.36. The molecule has 0 aromatic carbocycles. The molecule has 1 aliphatic carbocycles. The van der Waals surface area contributed by atoms with Crippen LogP contribution >= 0.6 is 0 Å². The minimum atomic E-state index is -3.14. The zero-order valence-corrected chi connectivity index (χ0v) is 18.1. The molecule has 1 saturated carbocycles. The molecule has 0 bridgehead atoms. The number of piperidine rings is 1. The highest BCUT2D eigenvalue weighted by molar-refractivity contribution is 7.88. The standard InChI is InChI=1S/C20H29N5O3S/c1-13-5-4-6-17(13)25-18-15(11-14(2)19(25)26)12-21-20(23-18)22-16-7-9-24(10-8-16)29(3,27)28/h11-13,16-17H,4-10H2,1-3H3,(H,21,22,23). The Morgan fingerprint density at radius 3 is 2.52 bits per heavy atom. The van der Waals surface area contributed by atoms with Crippen LogP contribution in [0.25, 0.3) is 11.0 Å². The Labute approximate surface area is 171 Å². The number of sulfonamides is 1. The Bertz CT molecular complexity index is 1070. The number of rotatable bonds is 4. The van der Waals surface area contributed by atoms with Gasteiger partial charge in [0.2, 0.25) is 16.0 Å². The molecular formula is C20H29N5O3S. The topological polar surface area (TPSA) is 97.2 Å². The highest BCUT2D eigenvalue weighted by atomic mass is 32.2. The molecule has 1 aliphatic heterocycles. The second-order valence-electron chi connectivity index (χ2n) is 8.53. The lowest BCUT2D eigenvalue weighted by atomic mass is 10.1. The van der Waals surface area contributed by atoms with E-state index >= 15 is 0 Å². The van der Waals surface area contributed by atoms with Crippen LogP contribution in [0.4, 0.5) is 5.95 Å². The van der Waals surface area contributed by atoms with E-state index in [1.807, 2.05) is 17.6 Å². The van der Waals surface area contributed by atoms with Crippen molar-refractivity contribution in [2.24, 2.45) is 5.92 Å². The van der Waals surface area contributed by atoms with Crippen LogP contribution in [0.3, 0.4) is 0 Å². The third-order valence-corrected chi connectivity index (χ3v) is 7.66. The number of pyridine rings is 1. The number of hydrogen-bond acceptors (Lipinski definition) is 6. The van der Waals surface area contributed by atoms with Gasteiger partial charge in [0, 0.05) is 42.3 Å². The molecule has 9 heteroatoms. The van der Waals surface area contributed by atoms with Crippen LogP contribution in [0.1, 0.15) is 50.6 Å². The van der Waals surface area contributed by atoms with Gasteiger partial charge in [0.05, 0.1) is 6.26 Å². The van der Waals surface area contributed by atoms with E-state index < -0.39 is 10.0 Å². The van der Waals surface area contributed by atoms with Crippen LogP contribution in [0.15, 0.2) is 17.1 Å². The SMILES string of the molecule is Cc1cc2cnc(NC3CCN(S(C)(=O)=O)CC3)nc2n(C2CCCC2C)c1=O. The first-order valence-electron chi connectivity index (χ1n) is 10.3. The second-order valence-corrected chi connectivity index (χ2v) is 10.5. The lowest BCUT2D eigenvalue weighted by Gasteiger charge is -2.30. The number of anilines is 1. The van der Waals surface area contributed by atoms with Gasteiger partial charge in [-0.1, -0.05) is 13.3 Å². The summed E-state index contributed by atoms with van der Waals surface area (Å²) in [5.74, 6) is 0.947. The molecule has 2 unspecified atom stereocenters. The molecule has 3 heterocycles. The number of fused-ring (bicyclic) bond motifs is 1. The normalized spacial score (nSPS) is 24.2. The molecule has 1 N–H and O–H groups in total. The van der Waals surface area contributed by atoms with Crippen molar-refractivity contribution in [1.82, 2.24) is 18.8 Å². The minimum Gasteiger partial charge on any atom is -0.351 e. The number of hydrogen-bond donors (Lipinski definition) is 1. The quantitative estimate of drug-likeness (QED) is 0.817. The van der Waals surface area contributed by atoms with Gasteiger partial charge in [0.15, 0.2) is 0 Å². The van der Waals surface area contributed by atoms with Gasteiger partial charge in [0.25, 0.3) is 5.56 Å². The average molecular weight is 420 g/mol. The van der Waals surface area contributed by atoms with Crippen molar-refractivity contribution >= 4 is 27.0 Å². The lowest BCUT2D eigenvalue weighted by molar-refractivity contribution is 0.331. The Balaban J connectivity index is 1.62. The van der Waals surface area contributed by atoms with Gasteiger partial charge in [0.1, 0.15) is 5.65 Å². The lowest BCUT2D eigenvalue weighted by Crippen LogP contribution is -2.42. The van der Waals surface area contributed by atoms with Crippen molar-refractivity contribution in [2.75, 3.05) is 24.7 Å². The number of aromatic nitrogens is 3. The summed E-state index contributed by atoms with van der Waals surface area (Å²) in [7, 11) is -3.14. The number of aryl methyl sites for hydroxylation is 1. The highest BCUT2D eigenvalue weighted by Gasteiger charge is 2.29. The van der Waals surface area contributed by atoms with Crippen LogP contribution in [0.2, 0.25) is 0 Å². The first-order valence-corrected chi connectivity index (χ1v) is 12.2. The van der Waals surface area contributed by atoms with E-state index in [1.54, 1.807) is 6.20 Å². The van der Waals surface area contributed by atoms with Gasteiger partial charge in [-0.2, -0.15) is 4.98 Å². The molecule has 158 valence electrons. The second kappa shape index (κ2) is 7.68. The molecule has 29 heavy (non-hydrogen) atoms. The maximum Gasteiger partial charge on any atom is 0.255 e. The van der Waals surface area contributed by atoms with Gasteiger partial charge in [-0.3, -0.25) is 9.36 Å². The fraction of sp³-hybridized carbons (Fsp3) is 0.650. The molecule has 0 radical (unpaired) electrons. The summed E-state index contributed by atoms with van der Waals surface area (Å²) < 4.78 is 26.8.